The summed E-state index contributed by atoms with van der Waals surface area (Å²) in [6.45, 7) is 5.52. The van der Waals surface area contributed by atoms with Gasteiger partial charge in [0.1, 0.15) is 0 Å². The van der Waals surface area contributed by atoms with Crippen LogP contribution in [-0.4, -0.2) is 32.2 Å². The van der Waals surface area contributed by atoms with E-state index in [1.54, 1.807) is 0 Å². The quantitative estimate of drug-likeness (QED) is 0.137. The fourth-order valence-electron chi connectivity index (χ4n) is 3.05. The van der Waals surface area contributed by atoms with Gasteiger partial charge in [0, 0.05) is 28.8 Å². The first-order valence-corrected chi connectivity index (χ1v) is 12.2. The molecule has 0 heterocycles. The number of nitrogens with two attached hydrogens (primary N) is 1. The van der Waals surface area contributed by atoms with Gasteiger partial charge in [-0.3, -0.25) is 9.79 Å². The van der Waals surface area contributed by atoms with Crippen molar-refractivity contribution < 1.29 is 4.79 Å². The largest absolute Gasteiger partial charge is 0.331 e. The molecule has 0 saturated heterocycles. The third-order valence-electron chi connectivity index (χ3n) is 4.48. The standard InChI is InChI=1S/C15H15N.C13H10O.C2H7N.BH2P.ClH/c1-2-16-15(13-9-5-3-6-10-13)14-11-7-4-8-12-14;14-13(11-7-3-1-4-8-11)12-9-5-2-6-10-12;1-2-3;1-2;/h3-12H,2H2,1H3;1-10H;2-3H2,1H3;2H2;1H. The maximum absolute atomic E-state index is 11.8. The van der Waals surface area contributed by atoms with Gasteiger partial charge in [-0.25, -0.2) is 0 Å². The summed E-state index contributed by atoms with van der Waals surface area (Å²) in [5, 5.41) is 0. The zero-order valence-corrected chi connectivity index (χ0v) is 22.9. The van der Waals surface area contributed by atoms with E-state index in [0.29, 0.717) is 0 Å². The van der Waals surface area contributed by atoms with Crippen molar-refractivity contribution in [2.75, 3.05) is 13.1 Å². The Labute approximate surface area is 226 Å². The Morgan fingerprint density at radius 2 is 0.889 bits per heavy atom. The van der Waals surface area contributed by atoms with E-state index in [1.165, 1.54) is 11.1 Å². The summed E-state index contributed by atoms with van der Waals surface area (Å²) < 4.78 is 0. The average molecular weight is 517 g/mol. The second-order valence-electron chi connectivity index (χ2n) is 7.02. The number of nitrogens with zero attached hydrogens (tertiary/aromatic N) is 1. The summed E-state index contributed by atoms with van der Waals surface area (Å²) in [4.78, 5) is 16.4. The molecule has 2 radical (unpaired) electrons. The number of hydrogen-bond donors (Lipinski definition) is 1. The molecule has 4 aromatic carbocycles. The van der Waals surface area contributed by atoms with Crippen molar-refractivity contribution in [3.05, 3.63) is 144 Å². The third-order valence-corrected chi connectivity index (χ3v) is 4.48. The monoisotopic (exact) mass is 516 g/mol. The molecule has 0 aliphatic carbocycles. The Balaban J connectivity index is 0.000000568. The zero-order valence-electron chi connectivity index (χ0n) is 21.0. The molecular formula is C30H35BClN2OP. The molecule has 2 N–H and O–H groups in total. The molecule has 1 atom stereocenters. The predicted octanol–water partition coefficient (Wildman–Crippen LogP) is 6.79. The topological polar surface area (TPSA) is 55.4 Å². The molecule has 0 fully saturated rings. The molecule has 0 aliphatic heterocycles. The molecule has 3 nitrogen and oxygen atoms in total. The Hall–Kier alpha value is -3.04. The lowest BCUT2D eigenvalue weighted by Gasteiger charge is -2.06. The molecule has 0 saturated carbocycles. The van der Waals surface area contributed by atoms with Crippen LogP contribution in [0.25, 0.3) is 0 Å². The third kappa shape index (κ3) is 12.1. The van der Waals surface area contributed by atoms with E-state index in [4.69, 9.17) is 5.73 Å². The number of carbonyl (C=O) groups excluding carboxylic acids is 1. The van der Waals surface area contributed by atoms with Crippen molar-refractivity contribution >= 4 is 40.6 Å². The first kappa shape index (κ1) is 33.0. The van der Waals surface area contributed by atoms with E-state index in [1.807, 2.05) is 113 Å². The van der Waals surface area contributed by atoms with E-state index in [-0.39, 0.29) is 18.2 Å². The van der Waals surface area contributed by atoms with Crippen LogP contribution >= 0.6 is 21.5 Å². The minimum atomic E-state index is 0. The lowest BCUT2D eigenvalue weighted by Crippen LogP contribution is -2.03. The van der Waals surface area contributed by atoms with Gasteiger partial charge in [0.25, 0.3) is 0 Å². The van der Waals surface area contributed by atoms with E-state index in [2.05, 4.69) is 43.7 Å². The van der Waals surface area contributed by atoms with Crippen molar-refractivity contribution in [3.63, 3.8) is 0 Å². The molecule has 6 heteroatoms. The van der Waals surface area contributed by atoms with E-state index in [9.17, 15) is 4.79 Å². The highest BCUT2D eigenvalue weighted by Crippen LogP contribution is 2.11. The fourth-order valence-corrected chi connectivity index (χ4v) is 3.05. The van der Waals surface area contributed by atoms with Gasteiger partial charge in [-0.05, 0) is 13.5 Å². The normalized spacial score (nSPS) is 8.78. The van der Waals surface area contributed by atoms with Gasteiger partial charge in [-0.2, -0.15) is 9.12 Å². The maximum atomic E-state index is 11.8. The van der Waals surface area contributed by atoms with Gasteiger partial charge in [0.2, 0.25) is 0 Å². The molecule has 0 aliphatic rings. The highest BCUT2D eigenvalue weighted by molar-refractivity contribution is 7.49. The lowest BCUT2D eigenvalue weighted by atomic mass is 10.0. The van der Waals surface area contributed by atoms with Crippen molar-refractivity contribution in [2.45, 2.75) is 13.8 Å². The molecule has 0 bridgehead atoms. The van der Waals surface area contributed by atoms with Gasteiger partial charge in [-0.1, -0.05) is 128 Å². The molecule has 4 rings (SSSR count). The molecule has 1 unspecified atom stereocenters. The number of rotatable bonds is 5. The van der Waals surface area contributed by atoms with E-state index in [0.717, 1.165) is 29.9 Å². The highest BCUT2D eigenvalue weighted by Gasteiger charge is 2.06. The molecule has 0 spiro atoms. The maximum Gasteiger partial charge on any atom is 0.193 e. The summed E-state index contributed by atoms with van der Waals surface area (Å²) in [5.74, 6) is 0.0752. The number of ketones is 1. The van der Waals surface area contributed by atoms with Crippen LogP contribution in [0.15, 0.2) is 126 Å². The molecule has 186 valence electrons. The summed E-state index contributed by atoms with van der Waals surface area (Å²) >= 11 is 0. The van der Waals surface area contributed by atoms with Gasteiger partial charge in [-0.15, -0.1) is 12.4 Å². The molecular weight excluding hydrogens is 482 g/mol. The van der Waals surface area contributed by atoms with Gasteiger partial charge < -0.3 is 5.73 Å². The van der Waals surface area contributed by atoms with E-state index >= 15 is 0 Å². The lowest BCUT2D eigenvalue weighted by molar-refractivity contribution is 0.103. The van der Waals surface area contributed by atoms with Crippen LogP contribution in [0.3, 0.4) is 0 Å². The smallest absolute Gasteiger partial charge is 0.193 e. The van der Waals surface area contributed by atoms with Crippen LogP contribution in [0.5, 0.6) is 0 Å². The Kier molecular flexibility index (Phi) is 19.5. The Morgan fingerprint density at radius 1 is 0.639 bits per heavy atom. The van der Waals surface area contributed by atoms with Crippen LogP contribution in [-0.2, 0) is 0 Å². The summed E-state index contributed by atoms with van der Waals surface area (Å²) in [5.41, 5.74) is 9.74. The predicted molar refractivity (Wildman–Crippen MR) is 163 cm³/mol. The van der Waals surface area contributed by atoms with Gasteiger partial charge in [0.05, 0.1) is 13.3 Å². The number of benzene rings is 4. The van der Waals surface area contributed by atoms with Crippen LogP contribution in [0.4, 0.5) is 0 Å². The number of halogens is 1. The Bertz CT molecular complexity index is 1010. The van der Waals surface area contributed by atoms with Crippen LogP contribution in [0.2, 0.25) is 0 Å². The minimum absolute atomic E-state index is 0. The van der Waals surface area contributed by atoms with Gasteiger partial charge >= 0.3 is 0 Å². The van der Waals surface area contributed by atoms with Crippen molar-refractivity contribution in [3.8, 4) is 0 Å². The number of aliphatic imine (C=N–C) groups is 1. The van der Waals surface area contributed by atoms with Gasteiger partial charge in [0.15, 0.2) is 5.78 Å². The summed E-state index contributed by atoms with van der Waals surface area (Å²) in [6.07, 6.45) is 0. The molecule has 0 aromatic heterocycles. The second-order valence-corrected chi connectivity index (χ2v) is 7.02. The van der Waals surface area contributed by atoms with Crippen LogP contribution in [0.1, 0.15) is 40.9 Å². The molecule has 0 amide bonds. The van der Waals surface area contributed by atoms with Crippen molar-refractivity contribution in [1.29, 1.82) is 0 Å². The van der Waals surface area contributed by atoms with Crippen molar-refractivity contribution in [2.24, 2.45) is 10.7 Å². The zero-order chi connectivity index (χ0) is 25.7. The summed E-state index contributed by atoms with van der Waals surface area (Å²) in [6, 6.07) is 39.2. The first-order chi connectivity index (χ1) is 17.2. The minimum Gasteiger partial charge on any atom is -0.331 e. The summed E-state index contributed by atoms with van der Waals surface area (Å²) in [7, 11) is 6.33. The highest BCUT2D eigenvalue weighted by atomic mass is 35.5. The van der Waals surface area contributed by atoms with Crippen LogP contribution in [0, 0.1) is 0 Å². The average Bonchev–Trinajstić information content (AvgIpc) is 2.95. The second kappa shape index (κ2) is 21.3. The van der Waals surface area contributed by atoms with Crippen molar-refractivity contribution in [1.82, 2.24) is 0 Å². The number of hydrogen-bond acceptors (Lipinski definition) is 3. The SMILES string of the molecule is CCN.CCN=C(c1ccccc1)c1ccccc1.Cl.O=C(c1ccccc1)c1ccccc1.[B]P. The fraction of sp³-hybridized carbons (Fsp3) is 0.133. The molecule has 4 aromatic rings. The molecule has 36 heavy (non-hydrogen) atoms. The van der Waals surface area contributed by atoms with Crippen LogP contribution < -0.4 is 5.73 Å². The van der Waals surface area contributed by atoms with E-state index < -0.39 is 0 Å². The Morgan fingerprint density at radius 3 is 1.14 bits per heavy atom. The number of carbonyl (C=O) groups is 1. The first-order valence-electron chi connectivity index (χ1n) is 11.5.